The summed E-state index contributed by atoms with van der Waals surface area (Å²) < 4.78 is 35.5. The number of hydrogen-bond acceptors (Lipinski definition) is 4. The molecule has 4 nitrogen and oxygen atoms in total. The third kappa shape index (κ3) is 5.71. The molecule has 1 heterocycles. The standard InChI is InChI=1S/C17H26O4S/c1-15-8-10-16(11-9-15)22(18,19)14-6-2-4-12-20-17-7-3-5-13-21-17/h8-11,17H,2-7,12-14H2,1H3. The minimum atomic E-state index is -3.15. The van der Waals surface area contributed by atoms with Crippen molar-refractivity contribution in [3.8, 4) is 0 Å². The fourth-order valence-electron chi connectivity index (χ4n) is 2.49. The SMILES string of the molecule is Cc1ccc(S(=O)(=O)CCCCCOC2CCCCO2)cc1. The van der Waals surface area contributed by atoms with Gasteiger partial charge in [-0.05, 0) is 51.2 Å². The maximum absolute atomic E-state index is 12.2. The third-order valence-electron chi connectivity index (χ3n) is 3.88. The molecule has 1 aromatic rings. The van der Waals surface area contributed by atoms with E-state index in [9.17, 15) is 8.42 Å². The van der Waals surface area contributed by atoms with Gasteiger partial charge in [-0.25, -0.2) is 8.42 Å². The summed E-state index contributed by atoms with van der Waals surface area (Å²) in [4.78, 5) is 0.421. The van der Waals surface area contributed by atoms with E-state index in [1.54, 1.807) is 12.1 Å². The van der Waals surface area contributed by atoms with Crippen LogP contribution in [0.5, 0.6) is 0 Å². The van der Waals surface area contributed by atoms with Gasteiger partial charge in [0, 0.05) is 13.2 Å². The third-order valence-corrected chi connectivity index (χ3v) is 5.70. The average Bonchev–Trinajstić information content (AvgIpc) is 2.52. The smallest absolute Gasteiger partial charge is 0.178 e. The molecule has 22 heavy (non-hydrogen) atoms. The van der Waals surface area contributed by atoms with Crippen molar-refractivity contribution in [1.29, 1.82) is 0 Å². The van der Waals surface area contributed by atoms with E-state index in [1.807, 2.05) is 19.1 Å². The second kappa shape index (κ2) is 8.65. The van der Waals surface area contributed by atoms with Crippen molar-refractivity contribution in [2.24, 2.45) is 0 Å². The van der Waals surface area contributed by atoms with Crippen LogP contribution in [0.2, 0.25) is 0 Å². The highest BCUT2D eigenvalue weighted by Crippen LogP contribution is 2.16. The van der Waals surface area contributed by atoms with Gasteiger partial charge in [0.1, 0.15) is 0 Å². The molecule has 1 saturated heterocycles. The Morgan fingerprint density at radius 2 is 1.91 bits per heavy atom. The zero-order valence-electron chi connectivity index (χ0n) is 13.3. The molecule has 0 radical (unpaired) electrons. The van der Waals surface area contributed by atoms with Crippen molar-refractivity contribution in [2.75, 3.05) is 19.0 Å². The molecule has 1 unspecified atom stereocenters. The molecule has 1 aliphatic rings. The van der Waals surface area contributed by atoms with Crippen LogP contribution in [0.15, 0.2) is 29.2 Å². The molecule has 124 valence electrons. The Balaban J connectivity index is 1.62. The number of aryl methyl sites for hydroxylation is 1. The molecule has 1 aromatic carbocycles. The van der Waals surface area contributed by atoms with E-state index in [0.717, 1.165) is 37.9 Å². The van der Waals surface area contributed by atoms with Gasteiger partial charge in [-0.3, -0.25) is 0 Å². The van der Waals surface area contributed by atoms with Crippen molar-refractivity contribution in [2.45, 2.75) is 56.6 Å². The van der Waals surface area contributed by atoms with Crippen molar-refractivity contribution < 1.29 is 17.9 Å². The number of sulfone groups is 1. The molecule has 0 N–H and O–H groups in total. The van der Waals surface area contributed by atoms with Crippen LogP contribution in [0, 0.1) is 6.92 Å². The molecule has 1 fully saturated rings. The van der Waals surface area contributed by atoms with Crippen LogP contribution in [0.4, 0.5) is 0 Å². The van der Waals surface area contributed by atoms with Crippen LogP contribution < -0.4 is 0 Å². The molecular weight excluding hydrogens is 300 g/mol. The zero-order chi connectivity index (χ0) is 15.8. The Kier molecular flexibility index (Phi) is 6.86. The van der Waals surface area contributed by atoms with Gasteiger partial charge < -0.3 is 9.47 Å². The van der Waals surface area contributed by atoms with Gasteiger partial charge in [0.25, 0.3) is 0 Å². The molecule has 0 bridgehead atoms. The van der Waals surface area contributed by atoms with Crippen molar-refractivity contribution in [1.82, 2.24) is 0 Å². The summed E-state index contributed by atoms with van der Waals surface area (Å²) in [5.74, 6) is 0.204. The van der Waals surface area contributed by atoms with Gasteiger partial charge in [-0.2, -0.15) is 0 Å². The predicted octanol–water partition coefficient (Wildman–Crippen LogP) is 3.48. The summed E-state index contributed by atoms with van der Waals surface area (Å²) in [6.45, 7) is 3.39. The number of hydrogen-bond donors (Lipinski definition) is 0. The van der Waals surface area contributed by atoms with Gasteiger partial charge in [-0.1, -0.05) is 24.1 Å². The monoisotopic (exact) mass is 326 g/mol. The molecule has 1 aliphatic heterocycles. The zero-order valence-corrected chi connectivity index (χ0v) is 14.1. The fourth-order valence-corrected chi connectivity index (χ4v) is 3.86. The van der Waals surface area contributed by atoms with Crippen molar-refractivity contribution in [3.63, 3.8) is 0 Å². The number of rotatable bonds is 8. The molecule has 0 saturated carbocycles. The second-order valence-electron chi connectivity index (χ2n) is 5.86. The first kappa shape index (κ1) is 17.4. The first-order valence-electron chi connectivity index (χ1n) is 8.10. The van der Waals surface area contributed by atoms with Crippen molar-refractivity contribution >= 4 is 9.84 Å². The minimum Gasteiger partial charge on any atom is -0.353 e. The molecule has 0 aromatic heterocycles. The maximum Gasteiger partial charge on any atom is 0.178 e. The number of benzene rings is 1. The van der Waals surface area contributed by atoms with Gasteiger partial charge >= 0.3 is 0 Å². The van der Waals surface area contributed by atoms with Crippen molar-refractivity contribution in [3.05, 3.63) is 29.8 Å². The van der Waals surface area contributed by atoms with E-state index >= 15 is 0 Å². The Morgan fingerprint density at radius 1 is 1.14 bits per heavy atom. The second-order valence-corrected chi connectivity index (χ2v) is 7.97. The van der Waals surface area contributed by atoms with E-state index in [0.29, 0.717) is 17.9 Å². The highest BCUT2D eigenvalue weighted by atomic mass is 32.2. The highest BCUT2D eigenvalue weighted by Gasteiger charge is 2.15. The fraction of sp³-hybridized carbons (Fsp3) is 0.647. The van der Waals surface area contributed by atoms with Crippen LogP contribution in [-0.4, -0.2) is 33.7 Å². The van der Waals surface area contributed by atoms with Crippen LogP contribution in [0.1, 0.15) is 44.1 Å². The first-order valence-corrected chi connectivity index (χ1v) is 9.76. The lowest BCUT2D eigenvalue weighted by Crippen LogP contribution is -2.22. The lowest BCUT2D eigenvalue weighted by atomic mass is 10.2. The molecular formula is C17H26O4S. The van der Waals surface area contributed by atoms with Gasteiger partial charge in [0.2, 0.25) is 0 Å². The lowest BCUT2D eigenvalue weighted by Gasteiger charge is -2.22. The summed E-state index contributed by atoms with van der Waals surface area (Å²) in [7, 11) is -3.15. The largest absolute Gasteiger partial charge is 0.353 e. The highest BCUT2D eigenvalue weighted by molar-refractivity contribution is 7.91. The summed E-state index contributed by atoms with van der Waals surface area (Å²) in [6.07, 6.45) is 5.62. The lowest BCUT2D eigenvalue weighted by molar-refractivity contribution is -0.162. The molecule has 2 rings (SSSR count). The Labute approximate surface area is 133 Å². The summed E-state index contributed by atoms with van der Waals surface area (Å²) in [5, 5.41) is 0. The summed E-state index contributed by atoms with van der Waals surface area (Å²) in [5.41, 5.74) is 1.07. The maximum atomic E-state index is 12.2. The first-order chi connectivity index (χ1) is 10.6. The van der Waals surface area contributed by atoms with Crippen LogP contribution >= 0.6 is 0 Å². The van der Waals surface area contributed by atoms with Gasteiger partial charge in [-0.15, -0.1) is 0 Å². The number of ether oxygens (including phenoxy) is 2. The topological polar surface area (TPSA) is 52.6 Å². The summed E-state index contributed by atoms with van der Waals surface area (Å²) in [6, 6.07) is 7.05. The number of unbranched alkanes of at least 4 members (excludes halogenated alkanes) is 2. The average molecular weight is 326 g/mol. The molecule has 1 atom stereocenters. The molecule has 0 aliphatic carbocycles. The Bertz CT molecular complexity index is 530. The minimum absolute atomic E-state index is 0.0509. The van der Waals surface area contributed by atoms with E-state index < -0.39 is 9.84 Å². The molecule has 0 spiro atoms. The molecule has 0 amide bonds. The van der Waals surface area contributed by atoms with Crippen LogP contribution in [0.25, 0.3) is 0 Å². The van der Waals surface area contributed by atoms with E-state index in [1.165, 1.54) is 6.42 Å². The Hall–Kier alpha value is -0.910. The van der Waals surface area contributed by atoms with Gasteiger partial charge in [0.15, 0.2) is 16.1 Å². The molecule has 5 heteroatoms. The summed E-state index contributed by atoms with van der Waals surface area (Å²) >= 11 is 0. The predicted molar refractivity (Wildman–Crippen MR) is 86.6 cm³/mol. The van der Waals surface area contributed by atoms with Crippen LogP contribution in [-0.2, 0) is 19.3 Å². The quantitative estimate of drug-likeness (QED) is 0.686. The van der Waals surface area contributed by atoms with Crippen LogP contribution in [0.3, 0.4) is 0 Å². The van der Waals surface area contributed by atoms with E-state index in [4.69, 9.17) is 9.47 Å². The Morgan fingerprint density at radius 3 is 2.59 bits per heavy atom. The van der Waals surface area contributed by atoms with Gasteiger partial charge in [0.05, 0.1) is 10.6 Å². The normalized spacial score (nSPS) is 19.2. The van der Waals surface area contributed by atoms with E-state index in [2.05, 4.69) is 0 Å². The van der Waals surface area contributed by atoms with E-state index in [-0.39, 0.29) is 12.0 Å².